The molecule has 1 heterocycles. The Bertz CT molecular complexity index is 1830. The van der Waals surface area contributed by atoms with Crippen molar-refractivity contribution in [2.75, 3.05) is 255 Å². The third-order valence-electron chi connectivity index (χ3n) is 15.5. The first kappa shape index (κ1) is 70.8. The van der Waals surface area contributed by atoms with E-state index in [1.54, 1.807) is 14.7 Å². The van der Waals surface area contributed by atoms with Crippen LogP contribution in [-0.2, 0) is 92.6 Å². The Hall–Kier alpha value is -3.00. The molecule has 0 spiro atoms. The molecule has 1 amide bonds. The number of fused-ring (bicyclic) bond motifs is 4. The molecule has 26 heteroatoms. The zero-order valence-corrected chi connectivity index (χ0v) is 50.2. The topological polar surface area (TPSA) is 282 Å². The van der Waals surface area contributed by atoms with Crippen molar-refractivity contribution in [3.8, 4) is 0 Å². The highest BCUT2D eigenvalue weighted by molar-refractivity contribution is 7.79. The lowest BCUT2D eigenvalue weighted by Gasteiger charge is -2.57. The quantitative estimate of drug-likeness (QED) is 0.0272. The van der Waals surface area contributed by atoms with E-state index in [0.29, 0.717) is 233 Å². The number of hydrogen-bond donors (Lipinski definition) is 4. The van der Waals surface area contributed by atoms with E-state index in [-0.39, 0.29) is 45.2 Å². The fraction of sp³-hybridized carbons (Fsp3) is 0.877. The molecule has 25 nitrogen and oxygen atoms in total. The minimum Gasteiger partial charge on any atom is -0.480 e. The second-order valence-electron chi connectivity index (χ2n) is 21.5. The Kier molecular flexibility index (Phi) is 36.5. The average molecular weight is 1210 g/mol. The van der Waals surface area contributed by atoms with Crippen molar-refractivity contribution in [1.82, 2.24) is 24.9 Å². The van der Waals surface area contributed by atoms with Crippen molar-refractivity contribution in [1.29, 1.82) is 0 Å². The van der Waals surface area contributed by atoms with Crippen molar-refractivity contribution < 1.29 is 96.1 Å². The van der Waals surface area contributed by atoms with Gasteiger partial charge in [0, 0.05) is 70.7 Å². The number of rotatable bonds is 54. The van der Waals surface area contributed by atoms with Gasteiger partial charge in [0.1, 0.15) is 5.75 Å². The van der Waals surface area contributed by atoms with E-state index in [2.05, 4.69) is 11.4 Å². The maximum absolute atomic E-state index is 12.8. The summed E-state index contributed by atoms with van der Waals surface area (Å²) in [6.45, 7) is 12.7. The molecule has 5 rings (SSSR count). The summed E-state index contributed by atoms with van der Waals surface area (Å²) in [7, 11) is 0. The number of hydrogen-bond acceptors (Lipinski definition) is 21. The summed E-state index contributed by atoms with van der Waals surface area (Å²) in [4.78, 5) is 66.5. The molecule has 3 saturated carbocycles. The first-order valence-corrected chi connectivity index (χ1v) is 31.4. The minimum atomic E-state index is -1.02. The third-order valence-corrected chi connectivity index (χ3v) is 16.7. The van der Waals surface area contributed by atoms with Crippen molar-refractivity contribution in [2.45, 2.75) is 44.9 Å². The van der Waals surface area contributed by atoms with E-state index in [1.165, 1.54) is 50.3 Å². The number of nitrogens with one attached hydrogen (secondary N) is 1. The number of amides is 1. The van der Waals surface area contributed by atoms with Crippen molar-refractivity contribution >= 4 is 41.4 Å². The first-order chi connectivity index (χ1) is 40.5. The molecule has 5 aliphatic rings. The summed E-state index contributed by atoms with van der Waals surface area (Å²) in [5, 5.41) is 31.0. The van der Waals surface area contributed by atoms with Gasteiger partial charge in [-0.15, -0.1) is 0 Å². The molecule has 478 valence electrons. The van der Waals surface area contributed by atoms with Crippen LogP contribution in [0.1, 0.15) is 44.9 Å². The monoisotopic (exact) mass is 1210 g/mol. The molecular formula is C57H100N5O20S+. The SMILES string of the molecule is O=C(O)CN1CCN(CC(=O)O)CCN(CC(=O)NCCOCCOCCOCCOCCOCCOCCOCCOCCOCCOCCOCCOCCC(=O)C[SH+]CCCC23CC2C2(C4CC4)CC=C32)CCN(CC(=O)O)CC1. The first-order valence-electron chi connectivity index (χ1n) is 30.1. The van der Waals surface area contributed by atoms with Gasteiger partial charge in [0.25, 0.3) is 0 Å². The van der Waals surface area contributed by atoms with E-state index in [0.717, 1.165) is 17.6 Å². The average Bonchev–Trinajstić information content (AvgIpc) is 1.49. The van der Waals surface area contributed by atoms with E-state index in [1.807, 2.05) is 10.5 Å². The largest absolute Gasteiger partial charge is 0.480 e. The zero-order valence-electron chi connectivity index (χ0n) is 49.3. The molecular weight excluding hydrogens is 1110 g/mol. The Morgan fingerprint density at radius 2 is 0.819 bits per heavy atom. The fourth-order valence-corrected chi connectivity index (χ4v) is 12.1. The van der Waals surface area contributed by atoms with Crippen molar-refractivity contribution in [2.24, 2.45) is 22.7 Å². The van der Waals surface area contributed by atoms with Gasteiger partial charge < -0.3 is 77.5 Å². The number of thiol groups is 1. The summed E-state index contributed by atoms with van der Waals surface area (Å²) < 4.78 is 66.5. The van der Waals surface area contributed by atoms with Gasteiger partial charge in [0.2, 0.25) is 5.91 Å². The van der Waals surface area contributed by atoms with Crippen molar-refractivity contribution in [3.63, 3.8) is 0 Å². The zero-order chi connectivity index (χ0) is 59.1. The molecule has 3 unspecified atom stereocenters. The number of allylic oxidation sites excluding steroid dienone is 2. The molecule has 0 aromatic carbocycles. The van der Waals surface area contributed by atoms with Crippen LogP contribution in [0.15, 0.2) is 11.6 Å². The molecule has 1 saturated heterocycles. The summed E-state index contributed by atoms with van der Waals surface area (Å²) in [6, 6.07) is 0. The number of Topliss-reactive ketones (excluding diaryl/α,β-unsaturated/α-hetero) is 1. The highest BCUT2D eigenvalue weighted by Gasteiger charge is 2.81. The van der Waals surface area contributed by atoms with Gasteiger partial charge in [-0.2, -0.15) is 0 Å². The van der Waals surface area contributed by atoms with E-state index in [4.69, 9.17) is 56.8 Å². The van der Waals surface area contributed by atoms with Crippen LogP contribution in [0, 0.1) is 22.7 Å². The number of carbonyl (C=O) groups is 5. The van der Waals surface area contributed by atoms with Crippen LogP contribution < -0.4 is 5.32 Å². The highest BCUT2D eigenvalue weighted by atomic mass is 32.2. The molecule has 0 radical (unpaired) electrons. The molecule has 3 atom stereocenters. The van der Waals surface area contributed by atoms with Gasteiger partial charge in [-0.3, -0.25) is 43.6 Å². The van der Waals surface area contributed by atoms with Crippen molar-refractivity contribution in [3.05, 3.63) is 11.6 Å². The Morgan fingerprint density at radius 3 is 1.13 bits per heavy atom. The molecule has 83 heavy (non-hydrogen) atoms. The van der Waals surface area contributed by atoms with Crippen LogP contribution in [0.4, 0.5) is 0 Å². The smallest absolute Gasteiger partial charge is 0.317 e. The maximum atomic E-state index is 12.8. The number of carboxylic acids is 3. The number of ketones is 1. The number of ether oxygens (including phenoxy) is 12. The Labute approximate surface area is 495 Å². The van der Waals surface area contributed by atoms with Gasteiger partial charge in [-0.05, 0) is 67.5 Å². The van der Waals surface area contributed by atoms with Gasteiger partial charge >= 0.3 is 17.9 Å². The van der Waals surface area contributed by atoms with Crippen LogP contribution in [0.3, 0.4) is 0 Å². The van der Waals surface area contributed by atoms with Crippen LogP contribution in [0.5, 0.6) is 0 Å². The lowest BCUT2D eigenvalue weighted by atomic mass is 9.47. The van der Waals surface area contributed by atoms with Gasteiger partial charge in [0.15, 0.2) is 11.5 Å². The number of nitrogens with zero attached hydrogens (tertiary/aromatic N) is 4. The lowest BCUT2D eigenvalue weighted by molar-refractivity contribution is -0.140. The van der Waals surface area contributed by atoms with Crippen LogP contribution in [-0.4, -0.2) is 320 Å². The summed E-state index contributed by atoms with van der Waals surface area (Å²) in [5.74, 6) is 0.812. The Morgan fingerprint density at radius 1 is 0.482 bits per heavy atom. The summed E-state index contributed by atoms with van der Waals surface area (Å²) in [6.07, 6.45) is 11.4. The molecule has 1 aliphatic heterocycles. The second kappa shape index (κ2) is 42.8. The molecule has 4 N–H and O–H groups in total. The van der Waals surface area contributed by atoms with E-state index in [9.17, 15) is 39.3 Å². The maximum Gasteiger partial charge on any atom is 0.317 e. The predicted octanol–water partition coefficient (Wildman–Crippen LogP) is 0.0779. The van der Waals surface area contributed by atoms with Gasteiger partial charge in [0.05, 0.1) is 185 Å². The van der Waals surface area contributed by atoms with E-state index < -0.39 is 17.9 Å². The van der Waals surface area contributed by atoms with Gasteiger partial charge in [-0.1, -0.05) is 11.6 Å². The number of aliphatic carboxylic acids is 3. The van der Waals surface area contributed by atoms with Crippen LogP contribution >= 0.6 is 0 Å². The lowest BCUT2D eigenvalue weighted by Crippen LogP contribution is -2.50. The van der Waals surface area contributed by atoms with Gasteiger partial charge in [-0.25, -0.2) is 0 Å². The molecule has 0 bridgehead atoms. The normalized spacial score (nSPS) is 21.4. The van der Waals surface area contributed by atoms with E-state index >= 15 is 0 Å². The van der Waals surface area contributed by atoms with Crippen LogP contribution in [0.2, 0.25) is 0 Å². The standard InChI is InChI=1S/C57H99N5O20S/c63-49(47-83-41-1-6-56-42-51(56)57(48-2-3-48)7-4-50(56)57)5-17-71-19-21-73-23-25-75-27-29-77-31-33-79-35-37-81-39-40-82-38-36-80-34-32-78-30-28-76-26-24-74-22-20-72-18-8-58-52(64)43-59-9-11-60(44-53(65)66)13-15-62(46-55(69)70)16-14-61(12-10-59)45-54(67)68/h4,48,51H,1-3,5-47H2,(H,58,64)(H,65,66)(H,67,68)(H,69,70)/p+1. The summed E-state index contributed by atoms with van der Waals surface area (Å²) in [5.41, 5.74) is 3.14. The minimum absolute atomic E-state index is 0.0298. The van der Waals surface area contributed by atoms with Crippen LogP contribution in [0.25, 0.3) is 0 Å². The molecule has 0 aromatic rings. The molecule has 4 aliphatic carbocycles. The summed E-state index contributed by atoms with van der Waals surface area (Å²) >= 11 is 1.26. The third kappa shape index (κ3) is 29.5. The second-order valence-corrected chi connectivity index (χ2v) is 22.7. The number of carbonyl (C=O) groups excluding carboxylic acids is 2. The predicted molar refractivity (Wildman–Crippen MR) is 307 cm³/mol. The molecule has 0 aromatic heterocycles. The Balaban J connectivity index is 0.669. The highest BCUT2D eigenvalue weighted by Crippen LogP contribution is 2.89. The number of carboxylic acid groups (broad SMARTS) is 3. The molecule has 4 fully saturated rings. The fourth-order valence-electron chi connectivity index (χ4n) is 11.1.